The maximum absolute atomic E-state index is 12.1. The fourth-order valence-corrected chi connectivity index (χ4v) is 2.45. The Morgan fingerprint density at radius 3 is 2.55 bits per heavy atom. The van der Waals surface area contributed by atoms with E-state index in [1.54, 1.807) is 31.2 Å². The van der Waals surface area contributed by atoms with E-state index in [1.807, 2.05) is 0 Å². The molecule has 0 saturated carbocycles. The van der Waals surface area contributed by atoms with Crippen LogP contribution in [-0.2, 0) is 4.79 Å². The number of carbonyl (C=O) groups is 2. The fourth-order valence-electron chi connectivity index (χ4n) is 1.48. The summed E-state index contributed by atoms with van der Waals surface area (Å²) in [5.74, 6) is -1.87. The third kappa shape index (κ3) is 3.34. The minimum atomic E-state index is -1.10. The zero-order valence-corrected chi connectivity index (χ0v) is 12.0. The first-order valence-electron chi connectivity index (χ1n) is 5.72. The maximum atomic E-state index is 12.1. The summed E-state index contributed by atoms with van der Waals surface area (Å²) in [6.07, 6.45) is 0. The molecule has 0 aliphatic rings. The van der Waals surface area contributed by atoms with Crippen molar-refractivity contribution in [3.05, 3.63) is 45.4 Å². The van der Waals surface area contributed by atoms with Gasteiger partial charge in [-0.15, -0.1) is 11.3 Å². The Morgan fingerprint density at radius 1 is 1.35 bits per heavy atom. The van der Waals surface area contributed by atoms with Crippen LogP contribution in [0.3, 0.4) is 0 Å². The van der Waals surface area contributed by atoms with Crippen LogP contribution in [0.25, 0.3) is 0 Å². The number of anilines is 1. The van der Waals surface area contributed by atoms with Crippen molar-refractivity contribution in [2.75, 3.05) is 5.32 Å². The average Bonchev–Trinajstić information content (AvgIpc) is 2.90. The third-order valence-corrected chi connectivity index (χ3v) is 3.90. The van der Waals surface area contributed by atoms with Gasteiger partial charge < -0.3 is 10.4 Å². The predicted molar refractivity (Wildman–Crippen MR) is 77.6 cm³/mol. The molecule has 1 unspecified atom stereocenters. The quantitative estimate of drug-likeness (QED) is 0.908. The number of nitrogens with zero attached hydrogens (tertiary/aromatic N) is 1. The smallest absolute Gasteiger partial charge is 0.355 e. The largest absolute Gasteiger partial charge is 0.476 e. The minimum absolute atomic E-state index is 0.0452. The first-order valence-corrected chi connectivity index (χ1v) is 6.98. The van der Waals surface area contributed by atoms with E-state index in [1.165, 1.54) is 5.38 Å². The van der Waals surface area contributed by atoms with Crippen LogP contribution in [0.2, 0.25) is 5.02 Å². The van der Waals surface area contributed by atoms with Crippen molar-refractivity contribution in [2.24, 2.45) is 0 Å². The molecule has 1 aromatic heterocycles. The van der Waals surface area contributed by atoms with Crippen LogP contribution in [0.5, 0.6) is 0 Å². The SMILES string of the molecule is CC(C(=O)Nc1ccc(Cl)cc1)c1nc(C(=O)O)cs1. The molecule has 20 heavy (non-hydrogen) atoms. The normalized spacial score (nSPS) is 11.9. The van der Waals surface area contributed by atoms with Gasteiger partial charge in [-0.3, -0.25) is 4.79 Å². The molecular formula is C13H11ClN2O3S. The van der Waals surface area contributed by atoms with Crippen molar-refractivity contribution in [3.8, 4) is 0 Å². The summed E-state index contributed by atoms with van der Waals surface area (Å²) in [7, 11) is 0. The van der Waals surface area contributed by atoms with E-state index in [0.717, 1.165) is 11.3 Å². The van der Waals surface area contributed by atoms with Crippen molar-refractivity contribution in [1.29, 1.82) is 0 Å². The van der Waals surface area contributed by atoms with Gasteiger partial charge in [0.25, 0.3) is 0 Å². The van der Waals surface area contributed by atoms with E-state index >= 15 is 0 Å². The summed E-state index contributed by atoms with van der Waals surface area (Å²) >= 11 is 6.92. The topological polar surface area (TPSA) is 79.3 Å². The van der Waals surface area contributed by atoms with Gasteiger partial charge in [-0.1, -0.05) is 11.6 Å². The molecule has 0 aliphatic heterocycles. The van der Waals surface area contributed by atoms with Gasteiger partial charge in [0.05, 0.1) is 5.92 Å². The van der Waals surface area contributed by atoms with Gasteiger partial charge in [-0.25, -0.2) is 9.78 Å². The summed E-state index contributed by atoms with van der Waals surface area (Å²) in [4.78, 5) is 26.7. The van der Waals surface area contributed by atoms with Crippen molar-refractivity contribution in [3.63, 3.8) is 0 Å². The molecule has 2 aromatic rings. The number of hydrogen-bond acceptors (Lipinski definition) is 4. The van der Waals surface area contributed by atoms with Crippen LogP contribution >= 0.6 is 22.9 Å². The summed E-state index contributed by atoms with van der Waals surface area (Å²) in [5, 5.41) is 14.0. The number of nitrogens with one attached hydrogen (secondary N) is 1. The zero-order chi connectivity index (χ0) is 14.7. The molecule has 0 bridgehead atoms. The van der Waals surface area contributed by atoms with Gasteiger partial charge in [0.2, 0.25) is 5.91 Å². The highest BCUT2D eigenvalue weighted by Gasteiger charge is 2.20. The van der Waals surface area contributed by atoms with Crippen molar-refractivity contribution < 1.29 is 14.7 Å². The second-order valence-corrected chi connectivity index (χ2v) is 5.42. The van der Waals surface area contributed by atoms with E-state index in [9.17, 15) is 9.59 Å². The Bertz CT molecular complexity index is 639. The van der Waals surface area contributed by atoms with E-state index in [0.29, 0.717) is 15.7 Å². The summed E-state index contributed by atoms with van der Waals surface area (Å²) in [6, 6.07) is 6.73. The molecule has 2 N–H and O–H groups in total. The highest BCUT2D eigenvalue weighted by molar-refractivity contribution is 7.10. The van der Waals surface area contributed by atoms with Crippen molar-refractivity contribution >= 4 is 40.5 Å². The number of carbonyl (C=O) groups excluding carboxylic acids is 1. The van der Waals surface area contributed by atoms with Gasteiger partial charge in [-0.05, 0) is 31.2 Å². The number of aromatic nitrogens is 1. The molecule has 1 amide bonds. The Labute approximate surface area is 124 Å². The Hall–Kier alpha value is -1.92. The first kappa shape index (κ1) is 14.5. The Kier molecular flexibility index (Phi) is 4.36. The third-order valence-electron chi connectivity index (χ3n) is 2.62. The molecule has 1 aromatic carbocycles. The first-order chi connectivity index (χ1) is 9.47. The van der Waals surface area contributed by atoms with E-state index in [-0.39, 0.29) is 11.6 Å². The molecule has 0 saturated heterocycles. The van der Waals surface area contributed by atoms with E-state index in [2.05, 4.69) is 10.3 Å². The molecule has 0 fully saturated rings. The van der Waals surface area contributed by atoms with Gasteiger partial charge >= 0.3 is 5.97 Å². The second kappa shape index (κ2) is 6.02. The number of benzene rings is 1. The molecule has 0 aliphatic carbocycles. The number of rotatable bonds is 4. The number of thiazole rings is 1. The van der Waals surface area contributed by atoms with Crippen LogP contribution in [0.1, 0.15) is 28.3 Å². The lowest BCUT2D eigenvalue weighted by Gasteiger charge is -2.09. The van der Waals surface area contributed by atoms with Crippen LogP contribution < -0.4 is 5.32 Å². The predicted octanol–water partition coefficient (Wildman–Crippen LogP) is 3.24. The molecule has 0 spiro atoms. The molecule has 104 valence electrons. The Morgan fingerprint density at radius 2 is 2.00 bits per heavy atom. The highest BCUT2D eigenvalue weighted by Crippen LogP contribution is 2.22. The number of hydrogen-bond donors (Lipinski definition) is 2. The highest BCUT2D eigenvalue weighted by atomic mass is 35.5. The van der Waals surface area contributed by atoms with Crippen molar-refractivity contribution in [1.82, 2.24) is 4.98 Å². The maximum Gasteiger partial charge on any atom is 0.355 e. The van der Waals surface area contributed by atoms with E-state index in [4.69, 9.17) is 16.7 Å². The van der Waals surface area contributed by atoms with Crippen LogP contribution in [0, 0.1) is 0 Å². The van der Waals surface area contributed by atoms with E-state index < -0.39 is 11.9 Å². The number of carboxylic acids is 1. The summed E-state index contributed by atoms with van der Waals surface area (Å²) in [5.41, 5.74) is 0.581. The fraction of sp³-hybridized carbons (Fsp3) is 0.154. The molecule has 2 rings (SSSR count). The van der Waals surface area contributed by atoms with Crippen LogP contribution in [0.15, 0.2) is 29.6 Å². The standard InChI is InChI=1S/C13H11ClN2O3S/c1-7(12-16-10(6-20-12)13(18)19)11(17)15-9-4-2-8(14)3-5-9/h2-7H,1H3,(H,15,17)(H,18,19). The monoisotopic (exact) mass is 310 g/mol. The lowest BCUT2D eigenvalue weighted by atomic mass is 10.1. The van der Waals surface area contributed by atoms with Crippen molar-refractivity contribution in [2.45, 2.75) is 12.8 Å². The zero-order valence-electron chi connectivity index (χ0n) is 10.5. The van der Waals surface area contributed by atoms with Crippen LogP contribution in [0.4, 0.5) is 5.69 Å². The van der Waals surface area contributed by atoms with Gasteiger partial charge in [0.1, 0.15) is 5.01 Å². The number of halogens is 1. The lowest BCUT2D eigenvalue weighted by Crippen LogP contribution is -2.18. The van der Waals surface area contributed by atoms with Gasteiger partial charge in [0, 0.05) is 16.1 Å². The molecular weight excluding hydrogens is 300 g/mol. The summed E-state index contributed by atoms with van der Waals surface area (Å²) in [6.45, 7) is 1.68. The molecule has 0 radical (unpaired) electrons. The molecule has 1 atom stereocenters. The second-order valence-electron chi connectivity index (χ2n) is 4.09. The average molecular weight is 311 g/mol. The van der Waals surface area contributed by atoms with Crippen LogP contribution in [-0.4, -0.2) is 22.0 Å². The minimum Gasteiger partial charge on any atom is -0.476 e. The van der Waals surface area contributed by atoms with Gasteiger partial charge in [-0.2, -0.15) is 0 Å². The molecule has 7 heteroatoms. The molecule has 5 nitrogen and oxygen atoms in total. The number of aromatic carboxylic acids is 1. The number of amides is 1. The Balaban J connectivity index is 2.07. The molecule has 1 heterocycles. The number of carboxylic acid groups (broad SMARTS) is 1. The lowest BCUT2D eigenvalue weighted by molar-refractivity contribution is -0.117. The summed E-state index contributed by atoms with van der Waals surface area (Å²) < 4.78 is 0. The van der Waals surface area contributed by atoms with Gasteiger partial charge in [0.15, 0.2) is 5.69 Å².